The first-order chi connectivity index (χ1) is 2.77. The summed E-state index contributed by atoms with van der Waals surface area (Å²) in [5, 5.41) is 7.54. The van der Waals surface area contributed by atoms with E-state index in [1.54, 1.807) is 0 Å². The second kappa shape index (κ2) is 3.03. The molecule has 6 heavy (non-hydrogen) atoms. The lowest BCUT2D eigenvalue weighted by atomic mass is 11.6. The summed E-state index contributed by atoms with van der Waals surface area (Å²) in [5.74, 6) is 0. The zero-order valence-corrected chi connectivity index (χ0v) is 4.25. The van der Waals surface area contributed by atoms with Gasteiger partial charge in [-0.15, -0.1) is 5.26 Å². The quantitative estimate of drug-likeness (QED) is 0.497. The van der Waals surface area contributed by atoms with Crippen LogP contribution in [0.1, 0.15) is 0 Å². The first-order valence-corrected chi connectivity index (χ1v) is 2.98. The second-order valence-electron chi connectivity index (χ2n) is 0.392. The Morgan fingerprint density at radius 3 is 2.50 bits per heavy atom. The van der Waals surface area contributed by atoms with E-state index >= 15 is 0 Å². The van der Waals surface area contributed by atoms with Crippen molar-refractivity contribution in [2.24, 2.45) is 0 Å². The molecular weight excluding hydrogens is 122 g/mol. The van der Waals surface area contributed by atoms with Gasteiger partial charge >= 0.3 is 6.26 Å². The largest absolute Gasteiger partial charge is 0.322 e. The van der Waals surface area contributed by atoms with E-state index < -0.39 is 10.0 Å². The van der Waals surface area contributed by atoms with Crippen LogP contribution in [0.15, 0.2) is 0 Å². The molecule has 1 atom stereocenters. The highest BCUT2D eigenvalue weighted by atomic mass is 32.8. The molecule has 34 valence electrons. The lowest BCUT2D eigenvalue weighted by Gasteiger charge is -1.79. The van der Waals surface area contributed by atoms with Crippen LogP contribution in [-0.2, 0) is 25.4 Å². The van der Waals surface area contributed by atoms with Crippen LogP contribution in [-0.4, -0.2) is 4.55 Å². The van der Waals surface area contributed by atoms with Crippen molar-refractivity contribution in [3.05, 3.63) is 0 Å². The molecule has 0 saturated heterocycles. The van der Waals surface area contributed by atoms with Crippen molar-refractivity contribution < 1.29 is 8.74 Å². The van der Waals surface area contributed by atoms with Gasteiger partial charge in [0.1, 0.15) is 0 Å². The van der Waals surface area contributed by atoms with Gasteiger partial charge in [0, 0.05) is 11.2 Å². The van der Waals surface area contributed by atoms with Crippen LogP contribution in [0.25, 0.3) is 0 Å². The summed E-state index contributed by atoms with van der Waals surface area (Å²) < 4.78 is 11.7. The summed E-state index contributed by atoms with van der Waals surface area (Å²) in [4.78, 5) is 0. The lowest BCUT2D eigenvalue weighted by molar-refractivity contribution is 0.498. The van der Waals surface area contributed by atoms with E-state index in [9.17, 15) is 0 Å². The highest BCUT2D eigenvalue weighted by Gasteiger charge is 1.76. The predicted molar refractivity (Wildman–Crippen MR) is 24.1 cm³/mol. The first kappa shape index (κ1) is 5.82. The maximum absolute atomic E-state index is 7.95. The Hall–Kier alpha value is -0.180. The third-order valence-corrected chi connectivity index (χ3v) is 0.530. The van der Waals surface area contributed by atoms with Crippen LogP contribution in [0.4, 0.5) is 0 Å². The van der Waals surface area contributed by atoms with Crippen molar-refractivity contribution in [2.45, 2.75) is 0 Å². The molecule has 0 amide bonds. The van der Waals surface area contributed by atoms with E-state index in [0.29, 0.717) is 0 Å². The highest BCUT2D eigenvalue weighted by molar-refractivity contribution is 8.23. The van der Waals surface area contributed by atoms with Gasteiger partial charge in [0.25, 0.3) is 0 Å². The summed E-state index contributed by atoms with van der Waals surface area (Å²) >= 11 is 4.02. The minimum absolute atomic E-state index is 1.23. The molecule has 0 bridgehead atoms. The molecule has 0 aliphatic carbocycles. The third-order valence-electron chi connectivity index (χ3n) is 0.109. The Kier molecular flexibility index (Phi) is 2.94. The zero-order valence-electron chi connectivity index (χ0n) is 2.62. The molecule has 0 aromatic rings. The average molecular weight is 123 g/mol. The monoisotopic (exact) mass is 123 g/mol. The molecule has 0 aromatic heterocycles. The molecule has 0 aliphatic rings. The van der Waals surface area contributed by atoms with Gasteiger partial charge < -0.3 is 4.18 Å². The normalized spacial score (nSPS) is 12.0. The van der Waals surface area contributed by atoms with Crippen molar-refractivity contribution in [3.63, 3.8) is 0 Å². The molecule has 3 nitrogen and oxygen atoms in total. The SMILES string of the molecule is N#COS(O)=S. The molecule has 0 radical (unpaired) electrons. The van der Waals surface area contributed by atoms with E-state index in [4.69, 9.17) is 9.81 Å². The van der Waals surface area contributed by atoms with Gasteiger partial charge in [0.2, 0.25) is 10.0 Å². The van der Waals surface area contributed by atoms with E-state index in [-0.39, 0.29) is 0 Å². The average Bonchev–Trinajstić information content (AvgIpc) is 1.35. The Balaban J connectivity index is 3.13. The first-order valence-electron chi connectivity index (χ1n) is 0.944. The summed E-state index contributed by atoms with van der Waals surface area (Å²) in [5.41, 5.74) is 0. The van der Waals surface area contributed by atoms with Gasteiger partial charge in [-0.1, -0.05) is 0 Å². The standard InChI is InChI=1S/CHNO2S2/c2-1-4-6(3)5/h(H,3,5). The van der Waals surface area contributed by atoms with Gasteiger partial charge in [-0.3, -0.25) is 4.55 Å². The molecular formula is CHNO2S2. The molecule has 1 unspecified atom stereocenters. The Labute approximate surface area is 42.2 Å². The maximum atomic E-state index is 7.95. The van der Waals surface area contributed by atoms with Gasteiger partial charge in [-0.2, -0.15) is 0 Å². The van der Waals surface area contributed by atoms with E-state index in [1.807, 2.05) is 0 Å². The van der Waals surface area contributed by atoms with Crippen molar-refractivity contribution in [1.82, 2.24) is 0 Å². The fourth-order valence-corrected chi connectivity index (χ4v) is 0.187. The Morgan fingerprint density at radius 2 is 2.50 bits per heavy atom. The second-order valence-corrected chi connectivity index (χ2v) is 1.85. The van der Waals surface area contributed by atoms with Crippen molar-refractivity contribution in [2.75, 3.05) is 0 Å². The van der Waals surface area contributed by atoms with Gasteiger partial charge in [-0.05, 0) is 0 Å². The molecule has 5 heteroatoms. The van der Waals surface area contributed by atoms with Gasteiger partial charge in [-0.25, -0.2) is 0 Å². The number of hydrogen-bond donors (Lipinski definition) is 1. The summed E-state index contributed by atoms with van der Waals surface area (Å²) in [6.07, 6.45) is 1.23. The van der Waals surface area contributed by atoms with Gasteiger partial charge in [0.15, 0.2) is 0 Å². The topological polar surface area (TPSA) is 53.2 Å². The van der Waals surface area contributed by atoms with Crippen LogP contribution in [0.2, 0.25) is 0 Å². The summed E-state index contributed by atoms with van der Waals surface area (Å²) in [6, 6.07) is 0. The molecule has 1 N–H and O–H groups in total. The number of nitrogens with zero attached hydrogens (tertiary/aromatic N) is 1. The smallest absolute Gasteiger partial charge is 0.302 e. The minimum atomic E-state index is -1.59. The van der Waals surface area contributed by atoms with Crippen LogP contribution >= 0.6 is 0 Å². The molecule has 0 saturated carbocycles. The highest BCUT2D eigenvalue weighted by Crippen LogP contribution is 1.70. The molecule has 0 spiro atoms. The molecule has 0 fully saturated rings. The number of nitriles is 1. The van der Waals surface area contributed by atoms with Crippen LogP contribution in [0.5, 0.6) is 0 Å². The van der Waals surface area contributed by atoms with Gasteiger partial charge in [0.05, 0.1) is 0 Å². The molecule has 0 aliphatic heterocycles. The fourth-order valence-electron chi connectivity index (χ4n) is 0.0319. The number of hydrogen-bond acceptors (Lipinski definition) is 3. The molecule has 0 rings (SSSR count). The Bertz CT molecular complexity index is 94.2. The van der Waals surface area contributed by atoms with E-state index in [0.717, 1.165) is 0 Å². The van der Waals surface area contributed by atoms with E-state index in [2.05, 4.69) is 15.4 Å². The Morgan fingerprint density at radius 1 is 2.00 bits per heavy atom. The van der Waals surface area contributed by atoms with Crippen molar-refractivity contribution in [3.8, 4) is 6.26 Å². The molecule has 0 aromatic carbocycles. The van der Waals surface area contributed by atoms with Crippen molar-refractivity contribution in [1.29, 1.82) is 5.26 Å². The maximum Gasteiger partial charge on any atom is 0.302 e. The fraction of sp³-hybridized carbons (Fsp3) is 0. The van der Waals surface area contributed by atoms with Crippen LogP contribution in [0, 0.1) is 11.5 Å². The summed E-state index contributed by atoms with van der Waals surface area (Å²) in [6.45, 7) is 0. The third kappa shape index (κ3) is 3.82. The molecule has 0 heterocycles. The lowest BCUT2D eigenvalue weighted by Crippen LogP contribution is -1.81. The predicted octanol–water partition coefficient (Wildman–Crippen LogP) is -0.0477. The van der Waals surface area contributed by atoms with E-state index in [1.165, 1.54) is 6.26 Å². The summed E-state index contributed by atoms with van der Waals surface area (Å²) in [7, 11) is -1.59. The minimum Gasteiger partial charge on any atom is -0.322 e. The van der Waals surface area contributed by atoms with Crippen LogP contribution in [0.3, 0.4) is 0 Å². The zero-order chi connectivity index (χ0) is 4.99. The number of rotatable bonds is 1. The van der Waals surface area contributed by atoms with Crippen LogP contribution < -0.4 is 0 Å². The van der Waals surface area contributed by atoms with Crippen molar-refractivity contribution >= 4 is 21.2 Å².